The monoisotopic (exact) mass is 213 g/mol. The van der Waals surface area contributed by atoms with Crippen LogP contribution in [0.3, 0.4) is 0 Å². The highest BCUT2D eigenvalue weighted by atomic mass is 32.2. The Bertz CT molecular complexity index is 160. The summed E-state index contributed by atoms with van der Waals surface area (Å²) >= 11 is 2.02. The van der Waals surface area contributed by atoms with Crippen LogP contribution in [0.25, 0.3) is 0 Å². The van der Waals surface area contributed by atoms with Gasteiger partial charge in [-0.3, -0.25) is 0 Å². The largest absolute Gasteiger partial charge is 0.303 e. The molecule has 0 aromatic heterocycles. The third-order valence-electron chi connectivity index (χ3n) is 2.60. The van der Waals surface area contributed by atoms with Crippen molar-refractivity contribution in [2.75, 3.05) is 31.1 Å². The Hall–Kier alpha value is 0.0500. The van der Waals surface area contributed by atoms with Crippen molar-refractivity contribution in [1.29, 1.82) is 0 Å². The molecule has 0 saturated carbocycles. The Morgan fingerprint density at radius 1 is 1.21 bits per heavy atom. The molecule has 1 fully saturated rings. The van der Waals surface area contributed by atoms with Crippen molar-refractivity contribution in [2.24, 2.45) is 0 Å². The normalized spacial score (nSPS) is 19.2. The van der Waals surface area contributed by atoms with Crippen LogP contribution in [0.15, 0.2) is 12.2 Å². The van der Waals surface area contributed by atoms with Gasteiger partial charge in [0.2, 0.25) is 0 Å². The standard InChI is InChI=1S/C12H23NS/c1-12(2)11-14-10-9-13-7-5-3-4-6-8-13/h1,3-11H2,2H3. The molecule has 1 aliphatic heterocycles. The van der Waals surface area contributed by atoms with Crippen molar-refractivity contribution in [3.05, 3.63) is 12.2 Å². The zero-order valence-corrected chi connectivity index (χ0v) is 10.2. The third-order valence-corrected chi connectivity index (χ3v) is 3.77. The lowest BCUT2D eigenvalue weighted by molar-refractivity contribution is 0.303. The van der Waals surface area contributed by atoms with Gasteiger partial charge in [-0.05, 0) is 32.9 Å². The second kappa shape index (κ2) is 7.36. The summed E-state index contributed by atoms with van der Waals surface area (Å²) in [6.07, 6.45) is 5.70. The van der Waals surface area contributed by atoms with E-state index in [0.29, 0.717) is 0 Å². The van der Waals surface area contributed by atoms with Crippen molar-refractivity contribution >= 4 is 11.8 Å². The summed E-state index contributed by atoms with van der Waals surface area (Å²) in [5.74, 6) is 2.40. The van der Waals surface area contributed by atoms with Crippen LogP contribution in [0, 0.1) is 0 Å². The Labute approximate surface area is 92.9 Å². The molecule has 0 amide bonds. The molecule has 14 heavy (non-hydrogen) atoms. The highest BCUT2D eigenvalue weighted by molar-refractivity contribution is 7.99. The first-order valence-electron chi connectivity index (χ1n) is 5.73. The fourth-order valence-corrected chi connectivity index (χ4v) is 2.68. The van der Waals surface area contributed by atoms with Crippen LogP contribution < -0.4 is 0 Å². The maximum absolute atomic E-state index is 3.92. The van der Waals surface area contributed by atoms with Gasteiger partial charge in [0.1, 0.15) is 0 Å². The van der Waals surface area contributed by atoms with Crippen molar-refractivity contribution in [1.82, 2.24) is 4.90 Å². The average Bonchev–Trinajstić information content (AvgIpc) is 2.40. The molecule has 0 aliphatic carbocycles. The number of hydrogen-bond donors (Lipinski definition) is 0. The zero-order chi connectivity index (χ0) is 10.2. The van der Waals surface area contributed by atoms with Crippen molar-refractivity contribution in [3.63, 3.8) is 0 Å². The smallest absolute Gasteiger partial charge is 0.0138 e. The Morgan fingerprint density at radius 3 is 2.43 bits per heavy atom. The van der Waals surface area contributed by atoms with Gasteiger partial charge in [-0.15, -0.1) is 0 Å². The number of hydrogen-bond acceptors (Lipinski definition) is 2. The van der Waals surface area contributed by atoms with Crippen LogP contribution in [0.2, 0.25) is 0 Å². The Morgan fingerprint density at radius 2 is 1.86 bits per heavy atom. The fourth-order valence-electron chi connectivity index (χ4n) is 1.80. The summed E-state index contributed by atoms with van der Waals surface area (Å²) in [6.45, 7) is 9.96. The molecule has 0 N–H and O–H groups in total. The topological polar surface area (TPSA) is 3.24 Å². The van der Waals surface area contributed by atoms with Crippen molar-refractivity contribution in [3.8, 4) is 0 Å². The van der Waals surface area contributed by atoms with Gasteiger partial charge in [-0.25, -0.2) is 0 Å². The predicted molar refractivity (Wildman–Crippen MR) is 67.0 cm³/mol. The quantitative estimate of drug-likeness (QED) is 0.510. The molecule has 0 aromatic carbocycles. The van der Waals surface area contributed by atoms with Crippen LogP contribution in [0.4, 0.5) is 0 Å². The summed E-state index contributed by atoms with van der Waals surface area (Å²) in [5, 5.41) is 0. The van der Waals surface area contributed by atoms with Crippen LogP contribution >= 0.6 is 11.8 Å². The molecule has 1 heterocycles. The molecule has 82 valence electrons. The molecule has 0 bridgehead atoms. The Kier molecular flexibility index (Phi) is 6.37. The molecule has 1 aliphatic rings. The molecule has 0 spiro atoms. The predicted octanol–water partition coefficient (Wildman–Crippen LogP) is 3.17. The summed E-state index contributed by atoms with van der Waals surface area (Å²) in [4.78, 5) is 2.62. The molecular formula is C12H23NS. The van der Waals surface area contributed by atoms with Gasteiger partial charge in [-0.1, -0.05) is 25.0 Å². The maximum Gasteiger partial charge on any atom is 0.0138 e. The summed E-state index contributed by atoms with van der Waals surface area (Å²) < 4.78 is 0. The van der Waals surface area contributed by atoms with Crippen LogP contribution in [-0.4, -0.2) is 36.0 Å². The van der Waals surface area contributed by atoms with Gasteiger partial charge in [-0.2, -0.15) is 11.8 Å². The van der Waals surface area contributed by atoms with E-state index in [9.17, 15) is 0 Å². The first kappa shape index (κ1) is 12.1. The highest BCUT2D eigenvalue weighted by Gasteiger charge is 2.07. The van der Waals surface area contributed by atoms with Crippen LogP contribution in [0.5, 0.6) is 0 Å². The lowest BCUT2D eigenvalue weighted by Gasteiger charge is -2.19. The lowest BCUT2D eigenvalue weighted by atomic mass is 10.2. The van der Waals surface area contributed by atoms with E-state index in [0.717, 1.165) is 5.75 Å². The molecule has 2 heteroatoms. The summed E-state index contributed by atoms with van der Waals surface area (Å²) in [6, 6.07) is 0. The van der Waals surface area contributed by atoms with E-state index in [1.54, 1.807) is 0 Å². The van der Waals surface area contributed by atoms with E-state index in [4.69, 9.17) is 0 Å². The molecule has 1 saturated heterocycles. The second-order valence-corrected chi connectivity index (χ2v) is 5.37. The van der Waals surface area contributed by atoms with E-state index < -0.39 is 0 Å². The first-order chi connectivity index (χ1) is 6.79. The van der Waals surface area contributed by atoms with Crippen molar-refractivity contribution in [2.45, 2.75) is 32.6 Å². The summed E-state index contributed by atoms with van der Waals surface area (Å²) in [5.41, 5.74) is 1.30. The number of likely N-dealkylation sites (tertiary alicyclic amines) is 1. The number of thioether (sulfide) groups is 1. The first-order valence-corrected chi connectivity index (χ1v) is 6.89. The number of rotatable bonds is 5. The van der Waals surface area contributed by atoms with E-state index in [2.05, 4.69) is 18.4 Å². The molecule has 0 unspecified atom stereocenters. The molecular weight excluding hydrogens is 190 g/mol. The minimum atomic E-state index is 1.13. The van der Waals surface area contributed by atoms with E-state index in [-0.39, 0.29) is 0 Å². The van der Waals surface area contributed by atoms with Gasteiger partial charge in [0, 0.05) is 18.1 Å². The molecule has 0 aromatic rings. The van der Waals surface area contributed by atoms with E-state index >= 15 is 0 Å². The van der Waals surface area contributed by atoms with Gasteiger partial charge >= 0.3 is 0 Å². The molecule has 1 nitrogen and oxygen atoms in total. The van der Waals surface area contributed by atoms with Gasteiger partial charge in [0.05, 0.1) is 0 Å². The minimum Gasteiger partial charge on any atom is -0.303 e. The second-order valence-electron chi connectivity index (χ2n) is 4.27. The average molecular weight is 213 g/mol. The van der Waals surface area contributed by atoms with Gasteiger partial charge in [0.25, 0.3) is 0 Å². The summed E-state index contributed by atoms with van der Waals surface area (Å²) in [7, 11) is 0. The van der Waals surface area contributed by atoms with Gasteiger partial charge in [0.15, 0.2) is 0 Å². The van der Waals surface area contributed by atoms with Crippen LogP contribution in [0.1, 0.15) is 32.6 Å². The zero-order valence-electron chi connectivity index (χ0n) is 9.43. The Balaban J connectivity index is 2.01. The van der Waals surface area contributed by atoms with E-state index in [1.165, 1.54) is 56.6 Å². The molecule has 0 atom stereocenters. The molecule has 0 radical (unpaired) electrons. The number of nitrogens with zero attached hydrogens (tertiary/aromatic N) is 1. The lowest BCUT2D eigenvalue weighted by Crippen LogP contribution is -2.27. The minimum absolute atomic E-state index is 1.13. The fraction of sp³-hybridized carbons (Fsp3) is 0.833. The van der Waals surface area contributed by atoms with Crippen LogP contribution in [-0.2, 0) is 0 Å². The highest BCUT2D eigenvalue weighted by Crippen LogP contribution is 2.11. The molecule has 1 rings (SSSR count). The maximum atomic E-state index is 3.92. The van der Waals surface area contributed by atoms with Crippen molar-refractivity contribution < 1.29 is 0 Å². The van der Waals surface area contributed by atoms with Gasteiger partial charge < -0.3 is 4.90 Å². The van der Waals surface area contributed by atoms with E-state index in [1.807, 2.05) is 11.8 Å². The third kappa shape index (κ3) is 5.71. The SMILES string of the molecule is C=C(C)CSCCN1CCCCCC1.